The molecule has 2 nitrogen and oxygen atoms in total. The van der Waals surface area contributed by atoms with Crippen LogP contribution in [0.5, 0.6) is 5.75 Å². The van der Waals surface area contributed by atoms with Crippen LogP contribution in [0.15, 0.2) is 18.2 Å². The predicted molar refractivity (Wildman–Crippen MR) is 71.6 cm³/mol. The fraction of sp³-hybridized carbons (Fsp3) is 0.600. The van der Waals surface area contributed by atoms with E-state index in [1.807, 2.05) is 7.05 Å². The van der Waals surface area contributed by atoms with Crippen LogP contribution in [0.1, 0.15) is 51.3 Å². The van der Waals surface area contributed by atoms with Crippen molar-refractivity contribution in [1.82, 2.24) is 5.32 Å². The number of rotatable bonds is 1. The Labute approximate surface area is 104 Å². The van der Waals surface area contributed by atoms with Gasteiger partial charge in [-0.05, 0) is 24.9 Å². The number of hydrogen-bond donors (Lipinski definition) is 1. The zero-order chi connectivity index (χ0) is 12.6. The lowest BCUT2D eigenvalue weighted by Crippen LogP contribution is -2.31. The third kappa shape index (κ3) is 2.32. The molecule has 2 rings (SSSR count). The second-order valence-corrected chi connectivity index (χ2v) is 5.98. The lowest BCUT2D eigenvalue weighted by molar-refractivity contribution is 0.165. The minimum Gasteiger partial charge on any atom is -0.490 e. The van der Waals surface area contributed by atoms with Crippen molar-refractivity contribution in [2.45, 2.75) is 51.7 Å². The summed E-state index contributed by atoms with van der Waals surface area (Å²) in [4.78, 5) is 0. The second kappa shape index (κ2) is 4.34. The second-order valence-electron chi connectivity index (χ2n) is 5.98. The van der Waals surface area contributed by atoms with Crippen molar-refractivity contribution in [2.75, 3.05) is 7.05 Å². The number of fused-ring (bicyclic) bond motifs is 1. The standard InChI is InChI=1S/C15H23NO/c1-10-9-13(16-5)11-7-6-8-12(14(11)17-10)15(2,3)4/h6-8,10,13,16H,9H2,1-5H3. The van der Waals surface area contributed by atoms with E-state index in [0.717, 1.165) is 12.2 Å². The van der Waals surface area contributed by atoms with Crippen molar-refractivity contribution in [1.29, 1.82) is 0 Å². The molecule has 0 saturated carbocycles. The number of hydrogen-bond acceptors (Lipinski definition) is 2. The molecule has 0 amide bonds. The minimum absolute atomic E-state index is 0.126. The van der Waals surface area contributed by atoms with Gasteiger partial charge >= 0.3 is 0 Å². The molecule has 0 spiro atoms. The molecule has 0 radical (unpaired) electrons. The molecule has 0 bridgehead atoms. The van der Waals surface area contributed by atoms with E-state index in [1.165, 1.54) is 11.1 Å². The summed E-state index contributed by atoms with van der Waals surface area (Å²) in [5, 5.41) is 3.39. The Kier molecular flexibility index (Phi) is 3.17. The molecule has 2 heteroatoms. The average molecular weight is 233 g/mol. The van der Waals surface area contributed by atoms with Crippen molar-refractivity contribution in [3.63, 3.8) is 0 Å². The molecule has 17 heavy (non-hydrogen) atoms. The van der Waals surface area contributed by atoms with Gasteiger partial charge in [0.2, 0.25) is 0 Å². The topological polar surface area (TPSA) is 21.3 Å². The van der Waals surface area contributed by atoms with E-state index < -0.39 is 0 Å². The van der Waals surface area contributed by atoms with Gasteiger partial charge in [-0.3, -0.25) is 0 Å². The maximum atomic E-state index is 6.08. The van der Waals surface area contributed by atoms with Crippen molar-refractivity contribution in [2.24, 2.45) is 0 Å². The Morgan fingerprint density at radius 2 is 2.00 bits per heavy atom. The molecule has 2 atom stereocenters. The largest absolute Gasteiger partial charge is 0.490 e. The molecule has 1 aliphatic heterocycles. The Hall–Kier alpha value is -1.02. The first-order chi connectivity index (χ1) is 7.93. The summed E-state index contributed by atoms with van der Waals surface area (Å²) in [5.41, 5.74) is 2.74. The summed E-state index contributed by atoms with van der Waals surface area (Å²) in [6, 6.07) is 6.92. The monoisotopic (exact) mass is 233 g/mol. The molecule has 1 aromatic rings. The highest BCUT2D eigenvalue weighted by atomic mass is 16.5. The smallest absolute Gasteiger partial charge is 0.128 e. The number of nitrogens with one attached hydrogen (secondary N) is 1. The summed E-state index contributed by atoms with van der Waals surface area (Å²) in [5.74, 6) is 1.10. The fourth-order valence-electron chi connectivity index (χ4n) is 2.53. The van der Waals surface area contributed by atoms with Crippen molar-refractivity contribution in [3.05, 3.63) is 29.3 Å². The molecule has 2 unspecified atom stereocenters. The van der Waals surface area contributed by atoms with Gasteiger partial charge in [-0.2, -0.15) is 0 Å². The number of ether oxygens (including phenoxy) is 1. The van der Waals surface area contributed by atoms with Gasteiger partial charge in [0.15, 0.2) is 0 Å². The van der Waals surface area contributed by atoms with E-state index in [0.29, 0.717) is 6.04 Å². The van der Waals surface area contributed by atoms with Crippen LogP contribution in [-0.4, -0.2) is 13.2 Å². The molecule has 1 aromatic carbocycles. The van der Waals surface area contributed by atoms with Crippen LogP contribution in [0.2, 0.25) is 0 Å². The summed E-state index contributed by atoms with van der Waals surface area (Å²) in [6.45, 7) is 8.85. The molecule has 0 aromatic heterocycles. The first-order valence-electron chi connectivity index (χ1n) is 6.41. The molecule has 1 aliphatic rings. The molecular weight excluding hydrogens is 210 g/mol. The van der Waals surface area contributed by atoms with Crippen LogP contribution in [0.3, 0.4) is 0 Å². The van der Waals surface area contributed by atoms with Crippen LogP contribution in [0, 0.1) is 0 Å². The van der Waals surface area contributed by atoms with Crippen LogP contribution in [0.4, 0.5) is 0 Å². The van der Waals surface area contributed by atoms with Gasteiger partial charge in [-0.15, -0.1) is 0 Å². The lowest BCUT2D eigenvalue weighted by Gasteiger charge is -2.34. The van der Waals surface area contributed by atoms with Crippen LogP contribution in [-0.2, 0) is 5.41 Å². The van der Waals surface area contributed by atoms with Crippen LogP contribution in [0.25, 0.3) is 0 Å². The van der Waals surface area contributed by atoms with E-state index in [2.05, 4.69) is 51.2 Å². The van der Waals surface area contributed by atoms with Crippen LogP contribution >= 0.6 is 0 Å². The average Bonchev–Trinajstić information content (AvgIpc) is 2.25. The van der Waals surface area contributed by atoms with Gasteiger partial charge in [0.05, 0.1) is 6.10 Å². The molecule has 0 aliphatic carbocycles. The van der Waals surface area contributed by atoms with Crippen molar-refractivity contribution < 1.29 is 4.74 Å². The molecule has 1 N–H and O–H groups in total. The Bertz CT molecular complexity index is 406. The van der Waals surface area contributed by atoms with Gasteiger partial charge in [0, 0.05) is 18.0 Å². The highest BCUT2D eigenvalue weighted by Crippen LogP contribution is 2.41. The van der Waals surface area contributed by atoms with Gasteiger partial charge < -0.3 is 10.1 Å². The van der Waals surface area contributed by atoms with E-state index in [-0.39, 0.29) is 11.5 Å². The normalized spacial score (nSPS) is 24.1. The Morgan fingerprint density at radius 3 is 2.59 bits per heavy atom. The fourth-order valence-corrected chi connectivity index (χ4v) is 2.53. The quantitative estimate of drug-likeness (QED) is 0.802. The maximum absolute atomic E-state index is 6.08. The molecule has 94 valence electrons. The Balaban J connectivity index is 2.53. The van der Waals surface area contributed by atoms with Gasteiger partial charge in [-0.25, -0.2) is 0 Å². The SMILES string of the molecule is CNC1CC(C)Oc2c1cccc2C(C)(C)C. The van der Waals surface area contributed by atoms with E-state index in [1.54, 1.807) is 0 Å². The van der Waals surface area contributed by atoms with Gasteiger partial charge in [0.25, 0.3) is 0 Å². The highest BCUT2D eigenvalue weighted by molar-refractivity contribution is 5.48. The first kappa shape index (κ1) is 12.4. The first-order valence-corrected chi connectivity index (χ1v) is 6.41. The zero-order valence-corrected chi connectivity index (χ0v) is 11.5. The summed E-state index contributed by atoms with van der Waals surface area (Å²) >= 11 is 0. The third-order valence-electron chi connectivity index (χ3n) is 3.46. The van der Waals surface area contributed by atoms with E-state index in [9.17, 15) is 0 Å². The maximum Gasteiger partial charge on any atom is 0.128 e. The summed E-state index contributed by atoms with van der Waals surface area (Å²) in [6.07, 6.45) is 1.32. The molecule has 1 heterocycles. The van der Waals surface area contributed by atoms with Crippen molar-refractivity contribution >= 4 is 0 Å². The number of benzene rings is 1. The highest BCUT2D eigenvalue weighted by Gasteiger charge is 2.29. The molecule has 0 fully saturated rings. The Morgan fingerprint density at radius 1 is 1.29 bits per heavy atom. The number of para-hydroxylation sites is 1. The van der Waals surface area contributed by atoms with Crippen molar-refractivity contribution in [3.8, 4) is 5.75 Å². The van der Waals surface area contributed by atoms with E-state index >= 15 is 0 Å². The van der Waals surface area contributed by atoms with Crippen LogP contribution < -0.4 is 10.1 Å². The third-order valence-corrected chi connectivity index (χ3v) is 3.46. The molecular formula is C15H23NO. The van der Waals surface area contributed by atoms with Gasteiger partial charge in [-0.1, -0.05) is 39.0 Å². The minimum atomic E-state index is 0.126. The zero-order valence-electron chi connectivity index (χ0n) is 11.5. The summed E-state index contributed by atoms with van der Waals surface area (Å²) < 4.78 is 6.08. The van der Waals surface area contributed by atoms with E-state index in [4.69, 9.17) is 4.74 Å². The van der Waals surface area contributed by atoms with Gasteiger partial charge in [0.1, 0.15) is 5.75 Å². The molecule has 0 saturated heterocycles. The lowest BCUT2D eigenvalue weighted by atomic mass is 9.83. The predicted octanol–water partition coefficient (Wildman–Crippen LogP) is 3.42. The summed E-state index contributed by atoms with van der Waals surface area (Å²) in [7, 11) is 2.02.